The van der Waals surface area contributed by atoms with E-state index < -0.39 is 5.97 Å². The molecule has 0 aliphatic carbocycles. The highest BCUT2D eigenvalue weighted by Gasteiger charge is 2.05. The molecular weight excluding hydrogens is 218 g/mol. The van der Waals surface area contributed by atoms with Gasteiger partial charge in [0.2, 0.25) is 0 Å². The molecule has 4 heteroatoms. The lowest BCUT2D eigenvalue weighted by Crippen LogP contribution is -1.85. The van der Waals surface area contributed by atoms with Gasteiger partial charge in [-0.25, -0.2) is 4.79 Å². The number of aromatic nitrogens is 1. The van der Waals surface area contributed by atoms with Crippen LogP contribution in [0.1, 0.15) is 5.56 Å². The molecule has 0 radical (unpaired) electrons. The number of aryl methyl sites for hydroxylation is 1. The maximum absolute atomic E-state index is 10.5. The normalized spacial score (nSPS) is 11.2. The van der Waals surface area contributed by atoms with E-state index in [0.29, 0.717) is 0 Å². The van der Waals surface area contributed by atoms with Gasteiger partial charge >= 0.3 is 5.97 Å². The zero-order valence-electron chi connectivity index (χ0n) is 9.68. The first-order valence-corrected chi connectivity index (χ1v) is 5.16. The van der Waals surface area contributed by atoms with E-state index in [1.807, 2.05) is 36.0 Å². The fraction of sp³-hybridized carbons (Fsp3) is 0.154. The summed E-state index contributed by atoms with van der Waals surface area (Å²) in [7, 11) is 3.53. The largest absolute Gasteiger partial charge is 0.497 e. The molecule has 1 aromatic heterocycles. The predicted octanol–water partition coefficient (Wildman–Crippen LogP) is 2.28. The van der Waals surface area contributed by atoms with Crippen molar-refractivity contribution >= 4 is 22.9 Å². The Balaban J connectivity index is 2.59. The first-order chi connectivity index (χ1) is 8.11. The maximum atomic E-state index is 10.5. The molecule has 0 saturated carbocycles. The van der Waals surface area contributed by atoms with Gasteiger partial charge in [-0.2, -0.15) is 0 Å². The van der Waals surface area contributed by atoms with Gasteiger partial charge in [0.15, 0.2) is 0 Å². The number of hydrogen-bond acceptors (Lipinski definition) is 2. The second-order valence-corrected chi connectivity index (χ2v) is 3.75. The first-order valence-electron chi connectivity index (χ1n) is 5.16. The van der Waals surface area contributed by atoms with Crippen molar-refractivity contribution in [2.75, 3.05) is 7.11 Å². The molecule has 1 aromatic carbocycles. The summed E-state index contributed by atoms with van der Waals surface area (Å²) in [6, 6.07) is 5.73. The standard InChI is InChI=1S/C13H13NO3/c1-14-8-9(3-6-13(15)16)11-7-10(17-2)4-5-12(11)14/h3-8H,1-2H3,(H,15,16)/b6-3+. The number of hydrogen-bond donors (Lipinski definition) is 1. The van der Waals surface area contributed by atoms with Gasteiger partial charge in [-0.15, -0.1) is 0 Å². The van der Waals surface area contributed by atoms with Gasteiger partial charge in [0.1, 0.15) is 5.75 Å². The molecule has 0 unspecified atom stereocenters. The number of aliphatic carboxylic acids is 1. The molecule has 2 aromatic rings. The first kappa shape index (κ1) is 11.3. The van der Waals surface area contributed by atoms with Crippen LogP contribution in [0.5, 0.6) is 5.75 Å². The summed E-state index contributed by atoms with van der Waals surface area (Å²) in [5.74, 6) is -0.196. The minimum atomic E-state index is -0.954. The predicted molar refractivity (Wildman–Crippen MR) is 66.1 cm³/mol. The quantitative estimate of drug-likeness (QED) is 0.824. The summed E-state index contributed by atoms with van der Waals surface area (Å²) >= 11 is 0. The Morgan fingerprint density at radius 1 is 1.47 bits per heavy atom. The molecule has 1 heterocycles. The molecule has 0 atom stereocenters. The minimum absolute atomic E-state index is 0.758. The summed E-state index contributed by atoms with van der Waals surface area (Å²) < 4.78 is 7.12. The monoisotopic (exact) mass is 231 g/mol. The molecule has 0 bridgehead atoms. The van der Waals surface area contributed by atoms with E-state index >= 15 is 0 Å². The summed E-state index contributed by atoms with van der Waals surface area (Å²) in [6.07, 6.45) is 4.61. The lowest BCUT2D eigenvalue weighted by atomic mass is 10.1. The number of nitrogens with zero attached hydrogens (tertiary/aromatic N) is 1. The van der Waals surface area contributed by atoms with Crippen LogP contribution in [-0.4, -0.2) is 22.8 Å². The Labute approximate surface area is 98.7 Å². The molecule has 0 aliphatic rings. The molecule has 2 rings (SSSR count). The second-order valence-electron chi connectivity index (χ2n) is 3.75. The number of carbonyl (C=O) groups is 1. The van der Waals surface area contributed by atoms with Gasteiger partial charge in [0, 0.05) is 35.8 Å². The third-order valence-electron chi connectivity index (χ3n) is 2.63. The van der Waals surface area contributed by atoms with Crippen LogP contribution in [0.15, 0.2) is 30.5 Å². The zero-order chi connectivity index (χ0) is 12.4. The van der Waals surface area contributed by atoms with Gasteiger partial charge < -0.3 is 14.4 Å². The van der Waals surface area contributed by atoms with E-state index in [0.717, 1.165) is 28.3 Å². The van der Waals surface area contributed by atoms with Crippen LogP contribution >= 0.6 is 0 Å². The summed E-state index contributed by atoms with van der Waals surface area (Å²) in [4.78, 5) is 10.5. The summed E-state index contributed by atoms with van der Waals surface area (Å²) in [6.45, 7) is 0. The molecule has 0 amide bonds. The molecule has 0 saturated heterocycles. The van der Waals surface area contributed by atoms with E-state index in [4.69, 9.17) is 9.84 Å². The van der Waals surface area contributed by atoms with Crippen LogP contribution in [0.25, 0.3) is 17.0 Å². The molecule has 17 heavy (non-hydrogen) atoms. The highest BCUT2D eigenvalue weighted by molar-refractivity contribution is 5.94. The summed E-state index contributed by atoms with van der Waals surface area (Å²) in [5, 5.41) is 9.61. The number of fused-ring (bicyclic) bond motifs is 1. The molecule has 88 valence electrons. The van der Waals surface area contributed by atoms with E-state index in [1.54, 1.807) is 13.2 Å². The fourth-order valence-electron chi connectivity index (χ4n) is 1.82. The van der Waals surface area contributed by atoms with E-state index in [-0.39, 0.29) is 0 Å². The summed E-state index contributed by atoms with van der Waals surface area (Å²) in [5.41, 5.74) is 1.90. The van der Waals surface area contributed by atoms with Crippen molar-refractivity contribution < 1.29 is 14.6 Å². The van der Waals surface area contributed by atoms with Gasteiger partial charge in [-0.1, -0.05) is 0 Å². The second kappa shape index (κ2) is 4.33. The lowest BCUT2D eigenvalue weighted by Gasteiger charge is -2.00. The van der Waals surface area contributed by atoms with E-state index in [9.17, 15) is 4.79 Å². The van der Waals surface area contributed by atoms with Gasteiger partial charge in [0.05, 0.1) is 7.11 Å². The molecule has 0 spiro atoms. The fourth-order valence-corrected chi connectivity index (χ4v) is 1.82. The maximum Gasteiger partial charge on any atom is 0.328 e. The molecule has 0 fully saturated rings. The van der Waals surface area contributed by atoms with Crippen LogP contribution < -0.4 is 4.74 Å². The highest BCUT2D eigenvalue weighted by atomic mass is 16.5. The van der Waals surface area contributed by atoms with Crippen LogP contribution in [-0.2, 0) is 11.8 Å². The Bertz CT molecular complexity index is 596. The number of carboxylic acids is 1. The third-order valence-corrected chi connectivity index (χ3v) is 2.63. The average Bonchev–Trinajstić information content (AvgIpc) is 2.63. The molecule has 1 N–H and O–H groups in total. The van der Waals surface area contributed by atoms with Crippen molar-refractivity contribution in [2.24, 2.45) is 7.05 Å². The van der Waals surface area contributed by atoms with Crippen molar-refractivity contribution in [3.8, 4) is 5.75 Å². The van der Waals surface area contributed by atoms with Crippen LogP contribution in [0.2, 0.25) is 0 Å². The number of ether oxygens (including phenoxy) is 1. The topological polar surface area (TPSA) is 51.5 Å². The van der Waals surface area contributed by atoms with E-state index in [1.165, 1.54) is 0 Å². The van der Waals surface area contributed by atoms with Gasteiger partial charge in [-0.3, -0.25) is 0 Å². The smallest absolute Gasteiger partial charge is 0.328 e. The lowest BCUT2D eigenvalue weighted by molar-refractivity contribution is -0.131. The van der Waals surface area contributed by atoms with Crippen LogP contribution in [0.3, 0.4) is 0 Å². The van der Waals surface area contributed by atoms with Crippen molar-refractivity contribution in [2.45, 2.75) is 0 Å². The Kier molecular flexibility index (Phi) is 2.87. The highest BCUT2D eigenvalue weighted by Crippen LogP contribution is 2.26. The van der Waals surface area contributed by atoms with Crippen molar-refractivity contribution in [1.82, 2.24) is 4.57 Å². The van der Waals surface area contributed by atoms with Crippen LogP contribution in [0.4, 0.5) is 0 Å². The Morgan fingerprint density at radius 3 is 2.88 bits per heavy atom. The van der Waals surface area contributed by atoms with Gasteiger partial charge in [-0.05, 0) is 24.3 Å². The van der Waals surface area contributed by atoms with Crippen molar-refractivity contribution in [3.63, 3.8) is 0 Å². The number of carboxylic acid groups (broad SMARTS) is 1. The number of rotatable bonds is 3. The third kappa shape index (κ3) is 2.15. The minimum Gasteiger partial charge on any atom is -0.497 e. The number of benzene rings is 1. The molecule has 4 nitrogen and oxygen atoms in total. The number of methoxy groups -OCH3 is 1. The average molecular weight is 231 g/mol. The van der Waals surface area contributed by atoms with Crippen molar-refractivity contribution in [1.29, 1.82) is 0 Å². The molecule has 0 aliphatic heterocycles. The Morgan fingerprint density at radius 2 is 2.24 bits per heavy atom. The van der Waals surface area contributed by atoms with Crippen molar-refractivity contribution in [3.05, 3.63) is 36.0 Å². The SMILES string of the molecule is COc1ccc2c(c1)c(/C=C/C(=O)O)cn2C. The molecular formula is C13H13NO3. The van der Waals surface area contributed by atoms with Gasteiger partial charge in [0.25, 0.3) is 0 Å². The Hall–Kier alpha value is -2.23. The van der Waals surface area contributed by atoms with Crippen LogP contribution in [0, 0.1) is 0 Å². The van der Waals surface area contributed by atoms with E-state index in [2.05, 4.69) is 0 Å². The zero-order valence-corrected chi connectivity index (χ0v) is 9.68.